The van der Waals surface area contributed by atoms with Crippen LogP contribution < -0.4 is 38.2 Å². The van der Waals surface area contributed by atoms with Gasteiger partial charge in [-0.1, -0.05) is 96.4 Å². The lowest BCUT2D eigenvalue weighted by Gasteiger charge is -2.41. The number of esters is 3. The molecular weight excluding hydrogens is 845 g/mol. The Morgan fingerprint density at radius 2 is 1.41 bits per heavy atom. The molecule has 3 aromatic rings. The minimum absolute atomic E-state index is 0. The van der Waals surface area contributed by atoms with Crippen LogP contribution in [0, 0.1) is 11.8 Å². The van der Waals surface area contributed by atoms with Crippen LogP contribution in [0.2, 0.25) is 0 Å². The average molecular weight is 898 g/mol. The molecule has 0 saturated heterocycles. The van der Waals surface area contributed by atoms with Gasteiger partial charge in [0.2, 0.25) is 11.5 Å². The van der Waals surface area contributed by atoms with Gasteiger partial charge in [-0.05, 0) is 30.2 Å². The zero-order valence-electron chi connectivity index (χ0n) is 32.3. The monoisotopic (exact) mass is 897 g/mol. The molecule has 0 fully saturated rings. The maximum Gasteiger partial charge on any atom is 0.314 e. The molecule has 1 aromatic heterocycles. The number of unbranched alkanes of at least 4 members (excludes halogenated alkanes) is 3. The van der Waals surface area contributed by atoms with Gasteiger partial charge in [-0.3, -0.25) is 23.7 Å². The quantitative estimate of drug-likeness (QED) is 0.0457. The fraction of sp³-hybridized carbons (Fsp3) is 0.500. The van der Waals surface area contributed by atoms with E-state index in [9.17, 15) is 19.2 Å². The number of aromatic nitrogens is 2. The zero-order chi connectivity index (χ0) is 39.0. The van der Waals surface area contributed by atoms with Gasteiger partial charge in [0.05, 0.1) is 56.6 Å². The highest BCUT2D eigenvalue weighted by molar-refractivity contribution is 6.99. The number of benzene rings is 2. The van der Waals surface area contributed by atoms with Crippen LogP contribution in [0.3, 0.4) is 0 Å². The van der Waals surface area contributed by atoms with E-state index in [-0.39, 0.29) is 72.8 Å². The highest BCUT2D eigenvalue weighted by atomic mass is 127. The van der Waals surface area contributed by atoms with E-state index in [2.05, 4.69) is 28.8 Å². The molecular formula is C40H53ClIN3O8S. The number of halogens is 2. The van der Waals surface area contributed by atoms with Crippen LogP contribution in [0.15, 0.2) is 54.6 Å². The van der Waals surface area contributed by atoms with Crippen LogP contribution in [0.4, 0.5) is 0 Å². The summed E-state index contributed by atoms with van der Waals surface area (Å²) in [7, 11) is 2.09. The number of quaternary nitrogens is 1. The summed E-state index contributed by atoms with van der Waals surface area (Å²) >= 11 is 6.47. The molecule has 4 rings (SSSR count). The van der Waals surface area contributed by atoms with Crippen LogP contribution in [-0.4, -0.2) is 69.4 Å². The SMILES string of the molecule is CC(C)C(=O)Oc1ccccc1CC(=O)Cl.CCCCCCOc1nsnc1C1=CCC[N+](C)(C(C)OC(=O)Cc2ccccc2OC(=O)C(C)C)C1.[I-]. The lowest BCUT2D eigenvalue weighted by atomic mass is 10.0. The summed E-state index contributed by atoms with van der Waals surface area (Å²) in [5.74, 6) is -0.0932. The highest BCUT2D eigenvalue weighted by Gasteiger charge is 2.37. The Bertz CT molecular complexity index is 1720. The third kappa shape index (κ3) is 15.0. The van der Waals surface area contributed by atoms with Crippen LogP contribution in [0.5, 0.6) is 17.4 Å². The van der Waals surface area contributed by atoms with Crippen molar-refractivity contribution < 1.29 is 66.6 Å². The molecule has 0 N–H and O–H groups in total. The Labute approximate surface area is 345 Å². The first kappa shape index (κ1) is 46.8. The van der Waals surface area contributed by atoms with Gasteiger partial charge in [-0.25, -0.2) is 0 Å². The second kappa shape index (κ2) is 23.5. The summed E-state index contributed by atoms with van der Waals surface area (Å²) < 4.78 is 31.9. The Morgan fingerprint density at radius 1 is 0.833 bits per heavy atom. The molecule has 296 valence electrons. The number of rotatable bonds is 17. The Hall–Kier alpha value is -3.40. The molecule has 0 amide bonds. The molecule has 0 aliphatic carbocycles. The van der Waals surface area contributed by atoms with Crippen molar-refractivity contribution in [1.82, 2.24) is 8.75 Å². The van der Waals surface area contributed by atoms with E-state index in [1.54, 1.807) is 70.2 Å². The molecule has 54 heavy (non-hydrogen) atoms. The average Bonchev–Trinajstić information content (AvgIpc) is 3.58. The Kier molecular flexibility index (Phi) is 20.4. The van der Waals surface area contributed by atoms with Gasteiger partial charge in [0, 0.05) is 30.0 Å². The number of hydrogen-bond donors (Lipinski definition) is 0. The number of hydrogen-bond acceptors (Lipinski definition) is 11. The van der Waals surface area contributed by atoms with E-state index >= 15 is 0 Å². The molecule has 11 nitrogen and oxygen atoms in total. The minimum Gasteiger partial charge on any atom is -1.00 e. The maximum atomic E-state index is 12.9. The van der Waals surface area contributed by atoms with E-state index in [0.29, 0.717) is 46.1 Å². The lowest BCUT2D eigenvalue weighted by Crippen LogP contribution is -3.00. The van der Waals surface area contributed by atoms with Crippen molar-refractivity contribution in [3.8, 4) is 17.4 Å². The number of para-hydroxylation sites is 2. The van der Waals surface area contributed by atoms with Crippen LogP contribution >= 0.6 is 23.3 Å². The van der Waals surface area contributed by atoms with Crippen molar-refractivity contribution >= 4 is 52.1 Å². The van der Waals surface area contributed by atoms with Gasteiger partial charge in [0.15, 0.2) is 0 Å². The molecule has 14 heteroatoms. The first-order valence-corrected chi connectivity index (χ1v) is 19.3. The van der Waals surface area contributed by atoms with E-state index in [0.717, 1.165) is 48.8 Å². The zero-order valence-corrected chi connectivity index (χ0v) is 36.0. The fourth-order valence-electron chi connectivity index (χ4n) is 5.33. The summed E-state index contributed by atoms with van der Waals surface area (Å²) in [5, 5.41) is -0.479. The first-order chi connectivity index (χ1) is 25.2. The van der Waals surface area contributed by atoms with E-state index in [4.69, 9.17) is 30.5 Å². The minimum atomic E-state index is -0.479. The molecule has 0 radical (unpaired) electrons. The second-order valence-corrected chi connectivity index (χ2v) is 14.8. The molecule has 0 saturated carbocycles. The van der Waals surface area contributed by atoms with Gasteiger partial charge in [0.25, 0.3) is 5.88 Å². The van der Waals surface area contributed by atoms with Crippen LogP contribution in [-0.2, 0) is 36.8 Å². The van der Waals surface area contributed by atoms with Crippen molar-refractivity contribution in [2.24, 2.45) is 11.8 Å². The standard InChI is InChI=1S/C28H40N3O5S.C12H13ClO3.HI/c1-6-7-8-11-17-34-27-26(29-37-30-27)23-14-12-16-31(5,19-23)21(4)35-25(32)18-22-13-9-10-15-24(22)36-28(33)20(2)3;1-8(2)12(15)16-10-6-4-3-5-9(10)7-11(13)14;/h9-10,13-15,20-21H,6-8,11-12,16-19H2,1-5H3;3-6,8H,7H2,1-2H3;1H/q+1;;/p-1. The number of carbonyl (C=O) groups excluding carboxylic acids is 4. The van der Waals surface area contributed by atoms with Crippen LogP contribution in [0.25, 0.3) is 5.57 Å². The predicted octanol–water partition coefficient (Wildman–Crippen LogP) is 4.98. The van der Waals surface area contributed by atoms with E-state index in [1.807, 2.05) is 13.0 Å². The van der Waals surface area contributed by atoms with Crippen LogP contribution in [0.1, 0.15) is 90.5 Å². The third-order valence-electron chi connectivity index (χ3n) is 8.71. The molecule has 0 bridgehead atoms. The largest absolute Gasteiger partial charge is 1.00 e. The maximum absolute atomic E-state index is 12.9. The second-order valence-electron chi connectivity index (χ2n) is 13.9. The van der Waals surface area contributed by atoms with Crippen molar-refractivity contribution in [3.05, 3.63) is 71.4 Å². The highest BCUT2D eigenvalue weighted by Crippen LogP contribution is 2.32. The van der Waals surface area contributed by atoms with E-state index in [1.165, 1.54) is 12.8 Å². The summed E-state index contributed by atoms with van der Waals surface area (Å²) in [6.45, 7) is 13.3. The topological polar surface area (TPSA) is 131 Å². The molecule has 1 aliphatic heterocycles. The van der Waals surface area contributed by atoms with Gasteiger partial charge >= 0.3 is 17.9 Å². The van der Waals surface area contributed by atoms with Gasteiger partial charge in [-0.15, -0.1) is 4.37 Å². The number of likely N-dealkylation sites (N-methyl/N-ethyl adjacent to an activating group) is 1. The van der Waals surface area contributed by atoms with Crippen molar-refractivity contribution in [2.45, 2.75) is 92.7 Å². The smallest absolute Gasteiger partial charge is 0.314 e. The number of nitrogens with zero attached hydrogens (tertiary/aromatic N) is 3. The molecule has 2 aromatic carbocycles. The summed E-state index contributed by atoms with van der Waals surface area (Å²) in [5.41, 5.74) is 3.12. The first-order valence-electron chi connectivity index (χ1n) is 18.2. The van der Waals surface area contributed by atoms with Crippen molar-refractivity contribution in [3.63, 3.8) is 0 Å². The third-order valence-corrected chi connectivity index (χ3v) is 9.36. The molecule has 0 spiro atoms. The molecule has 2 heterocycles. The normalized spacial score (nSPS) is 15.6. The van der Waals surface area contributed by atoms with Crippen molar-refractivity contribution in [1.29, 1.82) is 0 Å². The van der Waals surface area contributed by atoms with Crippen molar-refractivity contribution in [2.75, 3.05) is 26.7 Å². The molecule has 2 atom stereocenters. The van der Waals surface area contributed by atoms with Gasteiger partial charge in [-0.2, -0.15) is 4.37 Å². The predicted molar refractivity (Wildman–Crippen MR) is 206 cm³/mol. The number of ether oxygens (including phenoxy) is 4. The summed E-state index contributed by atoms with van der Waals surface area (Å²) in [6.07, 6.45) is 7.30. The Morgan fingerprint density at radius 3 is 1.96 bits per heavy atom. The van der Waals surface area contributed by atoms with Gasteiger partial charge in [0.1, 0.15) is 23.7 Å². The van der Waals surface area contributed by atoms with E-state index < -0.39 is 5.24 Å². The Balaban J connectivity index is 0.000000498. The number of carbonyl (C=O) groups is 4. The van der Waals surface area contributed by atoms with Gasteiger partial charge < -0.3 is 42.9 Å². The summed E-state index contributed by atoms with van der Waals surface area (Å²) in [4.78, 5) is 47.2. The molecule has 2 unspecified atom stereocenters. The fourth-order valence-corrected chi connectivity index (χ4v) is 6.01. The summed E-state index contributed by atoms with van der Waals surface area (Å²) in [6, 6.07) is 14.0. The lowest BCUT2D eigenvalue weighted by molar-refractivity contribution is -0.944. The molecule has 1 aliphatic rings.